The van der Waals surface area contributed by atoms with Gasteiger partial charge in [0.2, 0.25) is 21.8 Å². The third-order valence-corrected chi connectivity index (χ3v) is 8.64. The third kappa shape index (κ3) is 8.84. The van der Waals surface area contributed by atoms with Gasteiger partial charge in [0.05, 0.1) is 16.9 Å². The number of anilines is 1. The molecule has 3 aromatic carbocycles. The summed E-state index contributed by atoms with van der Waals surface area (Å²) in [4.78, 5) is 40.1. The Kier molecular flexibility index (Phi) is 10.5. The summed E-state index contributed by atoms with van der Waals surface area (Å²) in [6, 6.07) is 18.6. The fraction of sp³-hybridized carbons (Fsp3) is 0.355. The van der Waals surface area contributed by atoms with Crippen LogP contribution in [-0.4, -0.2) is 54.9 Å². The van der Waals surface area contributed by atoms with Crippen molar-refractivity contribution in [2.24, 2.45) is 0 Å². The van der Waals surface area contributed by atoms with Gasteiger partial charge >= 0.3 is 0 Å². The molecule has 228 valence electrons. The monoisotopic (exact) mass is 610 g/mol. The topological polar surface area (TPSA) is 130 Å². The lowest BCUT2D eigenvalue weighted by molar-refractivity contribution is -0.384. The maximum absolute atomic E-state index is 14.1. The molecule has 0 spiro atoms. The summed E-state index contributed by atoms with van der Waals surface area (Å²) in [6.45, 7) is -0.801. The first-order valence-electron chi connectivity index (χ1n) is 14.1. The molecule has 1 aliphatic rings. The van der Waals surface area contributed by atoms with E-state index < -0.39 is 39.3 Å². The molecule has 4 rings (SSSR count). The second kappa shape index (κ2) is 14.2. The van der Waals surface area contributed by atoms with Crippen molar-refractivity contribution >= 4 is 33.2 Å². The van der Waals surface area contributed by atoms with E-state index >= 15 is 0 Å². The minimum absolute atomic E-state index is 0.0420. The van der Waals surface area contributed by atoms with Crippen LogP contribution in [0.4, 0.5) is 15.8 Å². The average molecular weight is 611 g/mol. The number of amides is 2. The van der Waals surface area contributed by atoms with Gasteiger partial charge in [0.15, 0.2) is 0 Å². The zero-order chi connectivity index (χ0) is 31.0. The molecule has 0 aliphatic heterocycles. The molecule has 3 aromatic rings. The number of rotatable bonds is 12. The van der Waals surface area contributed by atoms with E-state index in [0.717, 1.165) is 54.3 Å². The fourth-order valence-electron chi connectivity index (χ4n) is 5.26. The van der Waals surface area contributed by atoms with Crippen LogP contribution < -0.4 is 9.62 Å². The molecule has 1 atom stereocenters. The van der Waals surface area contributed by atoms with Crippen LogP contribution in [0.5, 0.6) is 0 Å². The van der Waals surface area contributed by atoms with Gasteiger partial charge in [-0.1, -0.05) is 67.8 Å². The zero-order valence-electron chi connectivity index (χ0n) is 23.9. The SMILES string of the molecule is CS(=O)(=O)N(CC(=O)N(Cc1ccc(F)cc1)[C@@H](Cc1ccccc1)C(=O)NC1CCCCC1)c1cccc([N+](=O)[O-])c1. The molecule has 0 saturated heterocycles. The molecule has 43 heavy (non-hydrogen) atoms. The van der Waals surface area contributed by atoms with Crippen molar-refractivity contribution < 1.29 is 27.3 Å². The Morgan fingerprint density at radius 3 is 2.28 bits per heavy atom. The summed E-state index contributed by atoms with van der Waals surface area (Å²) in [5.41, 5.74) is 0.940. The van der Waals surface area contributed by atoms with Gasteiger partial charge in [-0.25, -0.2) is 12.8 Å². The van der Waals surface area contributed by atoms with E-state index in [1.807, 2.05) is 30.3 Å². The normalized spacial score (nSPS) is 14.5. The van der Waals surface area contributed by atoms with Crippen LogP contribution in [0.15, 0.2) is 78.9 Å². The number of halogens is 1. The Bertz CT molecular complexity index is 1530. The highest BCUT2D eigenvalue weighted by atomic mass is 32.2. The van der Waals surface area contributed by atoms with Crippen molar-refractivity contribution in [2.45, 2.75) is 57.2 Å². The molecular formula is C31H35FN4O6S. The molecule has 0 unspecified atom stereocenters. The molecule has 0 radical (unpaired) electrons. The summed E-state index contributed by atoms with van der Waals surface area (Å²) in [7, 11) is -4.08. The standard InChI is InChI=1S/C31H35FN4O6S/c1-43(41,42)35(27-13-8-14-28(20-27)36(39)40)22-30(37)34(21-24-15-17-25(32)18-16-24)29(19-23-9-4-2-5-10-23)31(38)33-26-11-6-3-7-12-26/h2,4-5,8-10,13-18,20,26,29H,3,6-7,11-12,19,21-22H2,1H3,(H,33,38)/t29-/m0/s1. The Morgan fingerprint density at radius 2 is 1.65 bits per heavy atom. The molecule has 0 aromatic heterocycles. The van der Waals surface area contributed by atoms with Crippen molar-refractivity contribution in [3.05, 3.63) is 106 Å². The van der Waals surface area contributed by atoms with Crippen LogP contribution >= 0.6 is 0 Å². The molecule has 0 heterocycles. The predicted octanol–water partition coefficient (Wildman–Crippen LogP) is 4.59. The summed E-state index contributed by atoms with van der Waals surface area (Å²) >= 11 is 0. The van der Waals surface area contributed by atoms with Gasteiger partial charge in [-0.2, -0.15) is 0 Å². The van der Waals surface area contributed by atoms with Crippen molar-refractivity contribution in [3.8, 4) is 0 Å². The molecule has 10 nitrogen and oxygen atoms in total. The number of non-ortho nitro benzene ring substituents is 1. The van der Waals surface area contributed by atoms with E-state index in [-0.39, 0.29) is 36.3 Å². The number of sulfonamides is 1. The molecular weight excluding hydrogens is 575 g/mol. The highest BCUT2D eigenvalue weighted by Crippen LogP contribution is 2.25. The largest absolute Gasteiger partial charge is 0.352 e. The molecule has 1 aliphatic carbocycles. The average Bonchev–Trinajstić information content (AvgIpc) is 2.99. The number of nitro groups is 1. The number of carbonyl (C=O) groups is 2. The first kappa shape index (κ1) is 31.6. The molecule has 12 heteroatoms. The predicted molar refractivity (Wildman–Crippen MR) is 161 cm³/mol. The van der Waals surface area contributed by atoms with E-state index in [2.05, 4.69) is 5.32 Å². The van der Waals surface area contributed by atoms with Gasteiger partial charge in [-0.05, 0) is 42.2 Å². The smallest absolute Gasteiger partial charge is 0.271 e. The van der Waals surface area contributed by atoms with Crippen molar-refractivity contribution in [3.63, 3.8) is 0 Å². The van der Waals surface area contributed by atoms with Crippen molar-refractivity contribution in [1.82, 2.24) is 10.2 Å². The van der Waals surface area contributed by atoms with Crippen LogP contribution in [0.2, 0.25) is 0 Å². The molecule has 2 amide bonds. The lowest BCUT2D eigenvalue weighted by Gasteiger charge is -2.35. The molecule has 1 N–H and O–H groups in total. The van der Waals surface area contributed by atoms with E-state index in [1.54, 1.807) is 0 Å². The highest BCUT2D eigenvalue weighted by Gasteiger charge is 2.34. The zero-order valence-corrected chi connectivity index (χ0v) is 24.7. The maximum atomic E-state index is 14.1. The Hall–Kier alpha value is -4.32. The minimum Gasteiger partial charge on any atom is -0.352 e. The Labute approximate surface area is 250 Å². The Morgan fingerprint density at radius 1 is 0.977 bits per heavy atom. The number of nitrogens with one attached hydrogen (secondary N) is 1. The van der Waals surface area contributed by atoms with Gasteiger partial charge in [0.1, 0.15) is 18.4 Å². The van der Waals surface area contributed by atoms with Crippen LogP contribution in [0, 0.1) is 15.9 Å². The lowest BCUT2D eigenvalue weighted by atomic mass is 9.94. The number of nitrogens with zero attached hydrogens (tertiary/aromatic N) is 3. The first-order valence-corrected chi connectivity index (χ1v) is 16.0. The number of nitro benzene ring substituents is 1. The maximum Gasteiger partial charge on any atom is 0.271 e. The number of hydrogen-bond donors (Lipinski definition) is 1. The summed E-state index contributed by atoms with van der Waals surface area (Å²) < 4.78 is 40.3. The third-order valence-electron chi connectivity index (χ3n) is 7.50. The van der Waals surface area contributed by atoms with Gasteiger partial charge in [-0.15, -0.1) is 0 Å². The van der Waals surface area contributed by atoms with Crippen molar-refractivity contribution in [2.75, 3.05) is 17.1 Å². The van der Waals surface area contributed by atoms with Crippen LogP contribution in [0.3, 0.4) is 0 Å². The fourth-order valence-corrected chi connectivity index (χ4v) is 6.10. The lowest BCUT2D eigenvalue weighted by Crippen LogP contribution is -2.55. The quantitative estimate of drug-likeness (QED) is 0.236. The van der Waals surface area contributed by atoms with Gasteiger partial charge in [0, 0.05) is 31.1 Å². The minimum atomic E-state index is -4.08. The number of hydrogen-bond acceptors (Lipinski definition) is 6. The molecule has 1 fully saturated rings. The molecule has 0 bridgehead atoms. The van der Waals surface area contributed by atoms with E-state index in [1.165, 1.54) is 47.4 Å². The molecule has 1 saturated carbocycles. The first-order chi connectivity index (χ1) is 20.5. The summed E-state index contributed by atoms with van der Waals surface area (Å²) in [5.74, 6) is -1.53. The van der Waals surface area contributed by atoms with E-state index in [0.29, 0.717) is 5.56 Å². The van der Waals surface area contributed by atoms with E-state index in [4.69, 9.17) is 0 Å². The number of benzene rings is 3. The van der Waals surface area contributed by atoms with Gasteiger partial charge < -0.3 is 10.2 Å². The van der Waals surface area contributed by atoms with E-state index in [9.17, 15) is 32.5 Å². The second-order valence-corrected chi connectivity index (χ2v) is 12.7. The second-order valence-electron chi connectivity index (χ2n) is 10.7. The highest BCUT2D eigenvalue weighted by molar-refractivity contribution is 7.92. The summed E-state index contributed by atoms with van der Waals surface area (Å²) in [6.07, 6.45) is 5.77. The van der Waals surface area contributed by atoms with Crippen LogP contribution in [-0.2, 0) is 32.6 Å². The Balaban J connectivity index is 1.73. The van der Waals surface area contributed by atoms with Crippen LogP contribution in [0.25, 0.3) is 0 Å². The number of carbonyl (C=O) groups excluding carboxylic acids is 2. The van der Waals surface area contributed by atoms with Gasteiger partial charge in [-0.3, -0.25) is 24.0 Å². The van der Waals surface area contributed by atoms with Gasteiger partial charge in [0.25, 0.3) is 5.69 Å². The van der Waals surface area contributed by atoms with Crippen LogP contribution in [0.1, 0.15) is 43.2 Å². The summed E-state index contributed by atoms with van der Waals surface area (Å²) in [5, 5.41) is 14.5. The van der Waals surface area contributed by atoms with Crippen molar-refractivity contribution in [1.29, 1.82) is 0 Å².